The molecule has 2 atom stereocenters. The molecule has 1 N–H and O–H groups in total. The van der Waals surface area contributed by atoms with Crippen LogP contribution in [0.4, 0.5) is 0 Å². The van der Waals surface area contributed by atoms with Crippen molar-refractivity contribution in [3.05, 3.63) is 56.2 Å². The number of thiophene rings is 1. The molecule has 1 aromatic carbocycles. The van der Waals surface area contributed by atoms with Crippen molar-refractivity contribution in [1.82, 2.24) is 25.5 Å². The molecule has 0 saturated carbocycles. The topological polar surface area (TPSA) is 72.7 Å². The predicted octanol–water partition coefficient (Wildman–Crippen LogP) is 4.45. The Kier molecular flexibility index (Phi) is 6.75. The SMILES string of the molecule is C[C@H](Sc1nnnn1Cc1cccs1)C(=O)N[C@@H](C)c1ccc(Cl)cc1Cl. The summed E-state index contributed by atoms with van der Waals surface area (Å²) in [5.41, 5.74) is 0.814. The Bertz CT molecular complexity index is 916. The van der Waals surface area contributed by atoms with Gasteiger partial charge in [0.05, 0.1) is 17.8 Å². The highest BCUT2D eigenvalue weighted by Gasteiger charge is 2.21. The highest BCUT2D eigenvalue weighted by molar-refractivity contribution is 8.00. The van der Waals surface area contributed by atoms with Gasteiger partial charge in [0.15, 0.2) is 0 Å². The zero-order chi connectivity index (χ0) is 19.4. The molecule has 2 heterocycles. The molecule has 0 saturated heterocycles. The van der Waals surface area contributed by atoms with Gasteiger partial charge in [0, 0.05) is 14.9 Å². The maximum absolute atomic E-state index is 12.6. The largest absolute Gasteiger partial charge is 0.349 e. The number of rotatable bonds is 7. The quantitative estimate of drug-likeness (QED) is 0.548. The van der Waals surface area contributed by atoms with E-state index in [-0.39, 0.29) is 17.2 Å². The number of tetrazole rings is 1. The number of thioether (sulfide) groups is 1. The maximum atomic E-state index is 12.6. The zero-order valence-corrected chi connectivity index (χ0v) is 17.7. The van der Waals surface area contributed by atoms with E-state index in [2.05, 4.69) is 20.8 Å². The van der Waals surface area contributed by atoms with E-state index in [0.717, 1.165) is 10.4 Å². The van der Waals surface area contributed by atoms with Gasteiger partial charge in [-0.1, -0.05) is 47.1 Å². The molecular weight excluding hydrogens is 425 g/mol. The van der Waals surface area contributed by atoms with Gasteiger partial charge in [-0.25, -0.2) is 4.68 Å². The minimum absolute atomic E-state index is 0.121. The van der Waals surface area contributed by atoms with Crippen molar-refractivity contribution in [2.75, 3.05) is 0 Å². The van der Waals surface area contributed by atoms with Gasteiger partial charge < -0.3 is 5.32 Å². The van der Waals surface area contributed by atoms with Gasteiger partial charge >= 0.3 is 0 Å². The fourth-order valence-corrected chi connectivity index (χ4v) is 4.46. The van der Waals surface area contributed by atoms with E-state index in [4.69, 9.17) is 23.2 Å². The average molecular weight is 442 g/mol. The van der Waals surface area contributed by atoms with Crippen molar-refractivity contribution in [3.63, 3.8) is 0 Å². The highest BCUT2D eigenvalue weighted by atomic mass is 35.5. The smallest absolute Gasteiger partial charge is 0.233 e. The summed E-state index contributed by atoms with van der Waals surface area (Å²) in [4.78, 5) is 13.7. The van der Waals surface area contributed by atoms with Gasteiger partial charge in [-0.2, -0.15) is 0 Å². The summed E-state index contributed by atoms with van der Waals surface area (Å²) >= 11 is 15.1. The summed E-state index contributed by atoms with van der Waals surface area (Å²) in [7, 11) is 0. The lowest BCUT2D eigenvalue weighted by atomic mass is 10.1. The van der Waals surface area contributed by atoms with Gasteiger partial charge in [-0.05, 0) is 53.4 Å². The van der Waals surface area contributed by atoms with Crippen LogP contribution in [-0.4, -0.2) is 31.4 Å². The Morgan fingerprint density at radius 2 is 2.15 bits per heavy atom. The molecule has 0 unspecified atom stereocenters. The molecule has 27 heavy (non-hydrogen) atoms. The Balaban J connectivity index is 1.62. The molecule has 0 spiro atoms. The Labute approximate surface area is 175 Å². The van der Waals surface area contributed by atoms with E-state index in [9.17, 15) is 4.79 Å². The number of amides is 1. The molecule has 0 aliphatic rings. The van der Waals surface area contributed by atoms with Crippen LogP contribution in [0.15, 0.2) is 40.9 Å². The Morgan fingerprint density at radius 1 is 1.33 bits per heavy atom. The van der Waals surface area contributed by atoms with Gasteiger partial charge in [0.25, 0.3) is 0 Å². The first-order valence-electron chi connectivity index (χ1n) is 8.14. The minimum Gasteiger partial charge on any atom is -0.349 e. The summed E-state index contributed by atoms with van der Waals surface area (Å²) < 4.78 is 1.69. The van der Waals surface area contributed by atoms with E-state index in [1.165, 1.54) is 11.8 Å². The first-order valence-corrected chi connectivity index (χ1v) is 10.7. The summed E-state index contributed by atoms with van der Waals surface area (Å²) in [5.74, 6) is -0.121. The van der Waals surface area contributed by atoms with Crippen LogP contribution in [0.25, 0.3) is 0 Å². The van der Waals surface area contributed by atoms with Crippen LogP contribution in [0.1, 0.15) is 30.3 Å². The number of nitrogens with zero attached hydrogens (tertiary/aromatic N) is 4. The second kappa shape index (κ2) is 9.05. The fourth-order valence-electron chi connectivity index (χ4n) is 2.40. The average Bonchev–Trinajstić information content (AvgIpc) is 3.27. The lowest BCUT2D eigenvalue weighted by Crippen LogP contribution is -2.33. The number of carbonyl (C=O) groups is 1. The molecule has 2 aromatic heterocycles. The van der Waals surface area contributed by atoms with E-state index in [1.54, 1.807) is 28.2 Å². The molecule has 3 aromatic rings. The van der Waals surface area contributed by atoms with Crippen molar-refractivity contribution in [3.8, 4) is 0 Å². The number of hydrogen-bond donors (Lipinski definition) is 1. The molecule has 6 nitrogen and oxygen atoms in total. The minimum atomic E-state index is -0.369. The van der Waals surface area contributed by atoms with Crippen LogP contribution in [0.2, 0.25) is 10.0 Å². The summed E-state index contributed by atoms with van der Waals surface area (Å²) in [5, 5.41) is 18.1. The third-order valence-corrected chi connectivity index (χ3v) is 6.32. The van der Waals surface area contributed by atoms with Gasteiger partial charge in [0.2, 0.25) is 11.1 Å². The van der Waals surface area contributed by atoms with Crippen molar-refractivity contribution in [1.29, 1.82) is 0 Å². The maximum Gasteiger partial charge on any atom is 0.233 e. The lowest BCUT2D eigenvalue weighted by Gasteiger charge is -2.18. The van der Waals surface area contributed by atoms with Crippen molar-refractivity contribution in [2.24, 2.45) is 0 Å². The molecule has 1 amide bonds. The van der Waals surface area contributed by atoms with Crippen LogP contribution in [0.3, 0.4) is 0 Å². The highest BCUT2D eigenvalue weighted by Crippen LogP contribution is 2.27. The van der Waals surface area contributed by atoms with Crippen LogP contribution >= 0.6 is 46.3 Å². The molecule has 0 bridgehead atoms. The van der Waals surface area contributed by atoms with Gasteiger partial charge in [0.1, 0.15) is 0 Å². The number of aromatic nitrogens is 4. The molecule has 3 rings (SSSR count). The lowest BCUT2D eigenvalue weighted by molar-refractivity contribution is -0.120. The zero-order valence-electron chi connectivity index (χ0n) is 14.6. The molecule has 0 fully saturated rings. The van der Waals surface area contributed by atoms with E-state index >= 15 is 0 Å². The van der Waals surface area contributed by atoms with Crippen LogP contribution in [0, 0.1) is 0 Å². The molecule has 0 radical (unpaired) electrons. The third kappa shape index (κ3) is 5.22. The first-order chi connectivity index (χ1) is 12.9. The second-order valence-corrected chi connectivity index (χ2v) is 9.04. The Hall–Kier alpha value is -1.61. The normalized spacial score (nSPS) is 13.3. The van der Waals surface area contributed by atoms with Crippen LogP contribution in [-0.2, 0) is 11.3 Å². The monoisotopic (exact) mass is 441 g/mol. The standard InChI is InChI=1S/C17H17Cl2N5OS2/c1-10(14-6-5-12(18)8-15(14)19)20-16(25)11(2)27-17-21-22-23-24(17)9-13-4-3-7-26-13/h3-8,10-11H,9H2,1-2H3,(H,20,25)/t10-,11-/m0/s1. The van der Waals surface area contributed by atoms with Crippen LogP contribution < -0.4 is 5.32 Å². The number of benzene rings is 1. The fraction of sp³-hybridized carbons (Fsp3) is 0.294. The second-order valence-electron chi connectivity index (χ2n) is 5.85. The number of nitrogens with one attached hydrogen (secondary N) is 1. The third-order valence-electron chi connectivity index (χ3n) is 3.82. The van der Waals surface area contributed by atoms with Crippen LogP contribution in [0.5, 0.6) is 0 Å². The molecule has 0 aliphatic heterocycles. The summed E-state index contributed by atoms with van der Waals surface area (Å²) in [6.07, 6.45) is 0. The molecular formula is C17H17Cl2N5OS2. The predicted molar refractivity (Wildman–Crippen MR) is 110 cm³/mol. The Morgan fingerprint density at radius 3 is 2.85 bits per heavy atom. The van der Waals surface area contributed by atoms with E-state index < -0.39 is 0 Å². The van der Waals surface area contributed by atoms with Crippen molar-refractivity contribution < 1.29 is 4.79 Å². The van der Waals surface area contributed by atoms with E-state index in [1.807, 2.05) is 37.4 Å². The van der Waals surface area contributed by atoms with Crippen molar-refractivity contribution in [2.45, 2.75) is 36.8 Å². The van der Waals surface area contributed by atoms with Gasteiger partial charge in [-0.15, -0.1) is 16.4 Å². The number of halogens is 2. The summed E-state index contributed by atoms with van der Waals surface area (Å²) in [6, 6.07) is 8.99. The molecule has 10 heteroatoms. The summed E-state index contributed by atoms with van der Waals surface area (Å²) in [6.45, 7) is 4.28. The number of carbonyl (C=O) groups excluding carboxylic acids is 1. The first kappa shape index (κ1) is 20.1. The van der Waals surface area contributed by atoms with Gasteiger partial charge in [-0.3, -0.25) is 4.79 Å². The molecule has 0 aliphatic carbocycles. The van der Waals surface area contributed by atoms with Crippen molar-refractivity contribution >= 4 is 52.2 Å². The van der Waals surface area contributed by atoms with E-state index in [0.29, 0.717) is 21.7 Å². The number of hydrogen-bond acceptors (Lipinski definition) is 6. The molecule has 142 valence electrons.